The highest BCUT2D eigenvalue weighted by Gasteiger charge is 2.12. The summed E-state index contributed by atoms with van der Waals surface area (Å²) in [6.07, 6.45) is 3.38. The van der Waals surface area contributed by atoms with Crippen molar-refractivity contribution in [1.29, 1.82) is 0 Å². The molecule has 1 aromatic carbocycles. The molecule has 4 rings (SSSR count). The molecule has 33 heavy (non-hydrogen) atoms. The normalized spacial score (nSPS) is 10.8. The molecular weight excluding hydrogens is 446 g/mol. The largest absolute Gasteiger partial charge is 0.378 e. The third kappa shape index (κ3) is 6.36. The summed E-state index contributed by atoms with van der Waals surface area (Å²) in [7, 11) is 0. The Hall–Kier alpha value is -3.31. The zero-order valence-corrected chi connectivity index (χ0v) is 18.8. The molecule has 10 nitrogen and oxygen atoms in total. The molecular formula is C22H26ClN7O3. The van der Waals surface area contributed by atoms with Gasteiger partial charge < -0.3 is 25.8 Å². The SMILES string of the molecule is Cl.NCCOCCOCCNc1ccc(NC(=O)c2ccn3c(n2)nc2ccccc23)cn1. The van der Waals surface area contributed by atoms with Crippen LogP contribution in [0.25, 0.3) is 16.8 Å². The Balaban J connectivity index is 0.00000306. The van der Waals surface area contributed by atoms with E-state index in [0.29, 0.717) is 56.8 Å². The molecule has 0 aliphatic carbocycles. The Morgan fingerprint density at radius 2 is 1.82 bits per heavy atom. The summed E-state index contributed by atoms with van der Waals surface area (Å²) in [5.41, 5.74) is 7.97. The van der Waals surface area contributed by atoms with Crippen LogP contribution < -0.4 is 16.4 Å². The summed E-state index contributed by atoms with van der Waals surface area (Å²) in [6.45, 7) is 3.25. The standard InChI is InChI=1S/C22H25N7O3.ClH/c23-8-11-31-13-14-32-12-9-24-20-6-5-16(15-25-20)26-21(30)18-7-10-29-19-4-2-1-3-17(19)27-22(29)28-18;/h1-7,10,15H,8-9,11-14,23H2,(H,24,25)(H,26,30);1H. The summed E-state index contributed by atoms with van der Waals surface area (Å²) in [6, 6.07) is 13.0. The van der Waals surface area contributed by atoms with Crippen molar-refractivity contribution in [3.05, 3.63) is 60.6 Å². The molecule has 3 aromatic heterocycles. The van der Waals surface area contributed by atoms with Crippen LogP contribution in [0.1, 0.15) is 10.5 Å². The fourth-order valence-corrected chi connectivity index (χ4v) is 3.10. The lowest BCUT2D eigenvalue weighted by Gasteiger charge is -2.08. The Morgan fingerprint density at radius 3 is 2.61 bits per heavy atom. The van der Waals surface area contributed by atoms with Gasteiger partial charge in [-0.05, 0) is 30.3 Å². The highest BCUT2D eigenvalue weighted by Crippen LogP contribution is 2.16. The first kappa shape index (κ1) is 24.3. The number of fused-ring (bicyclic) bond motifs is 3. The van der Waals surface area contributed by atoms with Gasteiger partial charge in [-0.3, -0.25) is 9.20 Å². The molecule has 1 amide bonds. The number of nitrogens with zero attached hydrogens (tertiary/aromatic N) is 4. The summed E-state index contributed by atoms with van der Waals surface area (Å²) < 4.78 is 12.5. The molecule has 0 atom stereocenters. The summed E-state index contributed by atoms with van der Waals surface area (Å²) in [5, 5.41) is 5.97. The minimum absolute atomic E-state index is 0. The van der Waals surface area contributed by atoms with Crippen LogP contribution in [-0.4, -0.2) is 64.8 Å². The molecule has 0 bridgehead atoms. The number of ether oxygens (including phenoxy) is 2. The van der Waals surface area contributed by atoms with E-state index in [9.17, 15) is 4.79 Å². The Morgan fingerprint density at radius 1 is 1.00 bits per heavy atom. The van der Waals surface area contributed by atoms with Crippen LogP contribution in [0.5, 0.6) is 0 Å². The second-order valence-electron chi connectivity index (χ2n) is 6.91. The first-order valence-corrected chi connectivity index (χ1v) is 10.4. The number of halogens is 1. The first-order chi connectivity index (χ1) is 15.7. The van der Waals surface area contributed by atoms with E-state index in [2.05, 4.69) is 25.6 Å². The van der Waals surface area contributed by atoms with Crippen molar-refractivity contribution in [3.8, 4) is 0 Å². The lowest BCUT2D eigenvalue weighted by atomic mass is 10.3. The van der Waals surface area contributed by atoms with Crippen molar-refractivity contribution < 1.29 is 14.3 Å². The molecule has 0 aliphatic rings. The van der Waals surface area contributed by atoms with Gasteiger partial charge in [-0.2, -0.15) is 0 Å². The number of para-hydroxylation sites is 2. The number of hydrogen-bond donors (Lipinski definition) is 3. The fraction of sp³-hybridized carbons (Fsp3) is 0.273. The molecule has 0 saturated carbocycles. The summed E-state index contributed by atoms with van der Waals surface area (Å²) in [5.74, 6) is 0.839. The van der Waals surface area contributed by atoms with Crippen molar-refractivity contribution in [2.45, 2.75) is 0 Å². The molecule has 0 spiro atoms. The van der Waals surface area contributed by atoms with Crippen molar-refractivity contribution in [1.82, 2.24) is 19.4 Å². The average molecular weight is 472 g/mol. The number of amides is 1. The van der Waals surface area contributed by atoms with Crippen molar-refractivity contribution in [3.63, 3.8) is 0 Å². The smallest absolute Gasteiger partial charge is 0.274 e. The Kier molecular flexibility index (Phi) is 8.90. The lowest BCUT2D eigenvalue weighted by molar-refractivity contribution is 0.0547. The second-order valence-corrected chi connectivity index (χ2v) is 6.91. The number of carbonyl (C=O) groups excluding carboxylic acids is 1. The van der Waals surface area contributed by atoms with Gasteiger partial charge in [-0.15, -0.1) is 12.4 Å². The van der Waals surface area contributed by atoms with Gasteiger partial charge in [0.1, 0.15) is 11.5 Å². The van der Waals surface area contributed by atoms with Crippen LogP contribution in [0, 0.1) is 0 Å². The fourth-order valence-electron chi connectivity index (χ4n) is 3.10. The molecule has 11 heteroatoms. The number of rotatable bonds is 11. The minimum atomic E-state index is -0.327. The predicted octanol–water partition coefficient (Wildman–Crippen LogP) is 2.36. The van der Waals surface area contributed by atoms with Crippen LogP contribution in [0.3, 0.4) is 0 Å². The topological polar surface area (TPSA) is 129 Å². The molecule has 4 aromatic rings. The number of anilines is 2. The molecule has 0 radical (unpaired) electrons. The minimum Gasteiger partial charge on any atom is -0.378 e. The van der Waals surface area contributed by atoms with E-state index in [1.165, 1.54) is 0 Å². The summed E-state index contributed by atoms with van der Waals surface area (Å²) >= 11 is 0. The van der Waals surface area contributed by atoms with Gasteiger partial charge in [0.15, 0.2) is 0 Å². The molecule has 0 saturated heterocycles. The van der Waals surface area contributed by atoms with Gasteiger partial charge in [0.05, 0.1) is 49.3 Å². The van der Waals surface area contributed by atoms with Gasteiger partial charge in [0.25, 0.3) is 5.91 Å². The van der Waals surface area contributed by atoms with E-state index in [1.807, 2.05) is 28.7 Å². The van der Waals surface area contributed by atoms with Crippen LogP contribution in [0.2, 0.25) is 0 Å². The maximum absolute atomic E-state index is 12.6. The molecule has 0 unspecified atom stereocenters. The predicted molar refractivity (Wildman–Crippen MR) is 129 cm³/mol. The quantitative estimate of drug-likeness (QED) is 0.284. The van der Waals surface area contributed by atoms with Gasteiger partial charge in [-0.25, -0.2) is 15.0 Å². The van der Waals surface area contributed by atoms with Gasteiger partial charge in [0, 0.05) is 19.3 Å². The number of nitrogens with one attached hydrogen (secondary N) is 2. The van der Waals surface area contributed by atoms with E-state index in [1.54, 1.807) is 30.6 Å². The number of hydrogen-bond acceptors (Lipinski definition) is 8. The maximum atomic E-state index is 12.6. The van der Waals surface area contributed by atoms with E-state index in [0.717, 1.165) is 11.0 Å². The van der Waals surface area contributed by atoms with Gasteiger partial charge in [-0.1, -0.05) is 12.1 Å². The number of nitrogens with two attached hydrogens (primary N) is 1. The number of benzene rings is 1. The first-order valence-electron chi connectivity index (χ1n) is 10.4. The highest BCUT2D eigenvalue weighted by molar-refractivity contribution is 6.03. The van der Waals surface area contributed by atoms with E-state index in [4.69, 9.17) is 15.2 Å². The lowest BCUT2D eigenvalue weighted by Crippen LogP contribution is -2.16. The Labute approximate surface area is 196 Å². The van der Waals surface area contributed by atoms with Crippen LogP contribution in [0.4, 0.5) is 11.5 Å². The van der Waals surface area contributed by atoms with Gasteiger partial charge >= 0.3 is 0 Å². The third-order valence-corrected chi connectivity index (χ3v) is 4.62. The highest BCUT2D eigenvalue weighted by atomic mass is 35.5. The third-order valence-electron chi connectivity index (χ3n) is 4.62. The zero-order valence-electron chi connectivity index (χ0n) is 17.9. The summed E-state index contributed by atoms with van der Waals surface area (Å²) in [4.78, 5) is 25.8. The molecule has 174 valence electrons. The molecule has 4 N–H and O–H groups in total. The number of pyridine rings is 1. The van der Waals surface area contributed by atoms with Crippen LogP contribution >= 0.6 is 12.4 Å². The maximum Gasteiger partial charge on any atom is 0.274 e. The van der Waals surface area contributed by atoms with E-state index >= 15 is 0 Å². The molecule has 0 aliphatic heterocycles. The second kappa shape index (κ2) is 12.1. The molecule has 3 heterocycles. The van der Waals surface area contributed by atoms with Crippen LogP contribution in [0.15, 0.2) is 54.9 Å². The monoisotopic (exact) mass is 471 g/mol. The Bertz CT molecular complexity index is 1180. The van der Waals surface area contributed by atoms with Crippen molar-refractivity contribution in [2.24, 2.45) is 5.73 Å². The van der Waals surface area contributed by atoms with E-state index in [-0.39, 0.29) is 24.0 Å². The van der Waals surface area contributed by atoms with Crippen molar-refractivity contribution in [2.75, 3.05) is 50.2 Å². The molecule has 0 fully saturated rings. The average Bonchev–Trinajstić information content (AvgIpc) is 3.19. The van der Waals surface area contributed by atoms with Crippen molar-refractivity contribution >= 4 is 46.6 Å². The number of aromatic nitrogens is 4. The van der Waals surface area contributed by atoms with Gasteiger partial charge in [0.2, 0.25) is 5.78 Å². The number of imidazole rings is 1. The zero-order chi connectivity index (χ0) is 22.2. The van der Waals surface area contributed by atoms with Crippen LogP contribution in [-0.2, 0) is 9.47 Å². The number of carbonyl (C=O) groups is 1. The van der Waals surface area contributed by atoms with E-state index < -0.39 is 0 Å².